The van der Waals surface area contributed by atoms with E-state index in [4.69, 9.17) is 4.74 Å². The van der Waals surface area contributed by atoms with Gasteiger partial charge in [0.1, 0.15) is 0 Å². The van der Waals surface area contributed by atoms with Crippen LogP contribution in [0.25, 0.3) is 0 Å². The lowest BCUT2D eigenvalue weighted by Gasteiger charge is -2.38. The van der Waals surface area contributed by atoms with Gasteiger partial charge in [0, 0.05) is 19.0 Å². The SMILES string of the molecule is COC(=O)CCCCN1C[C@@H](c2ccccc2C)OC[C@@H]1C. The molecule has 4 nitrogen and oxygen atoms in total. The van der Waals surface area contributed by atoms with Gasteiger partial charge >= 0.3 is 5.97 Å². The number of unbranched alkanes of at least 4 members (excludes halogenated alkanes) is 1. The van der Waals surface area contributed by atoms with Crippen molar-refractivity contribution in [1.82, 2.24) is 4.90 Å². The fourth-order valence-electron chi connectivity index (χ4n) is 2.94. The van der Waals surface area contributed by atoms with Crippen LogP contribution in [0.1, 0.15) is 43.4 Å². The van der Waals surface area contributed by atoms with Gasteiger partial charge in [-0.3, -0.25) is 9.69 Å². The Labute approximate surface area is 133 Å². The Morgan fingerprint density at radius 3 is 2.86 bits per heavy atom. The van der Waals surface area contributed by atoms with Crippen molar-refractivity contribution in [3.8, 4) is 0 Å². The number of carbonyl (C=O) groups excluding carboxylic acids is 1. The molecule has 4 heteroatoms. The third-order valence-electron chi connectivity index (χ3n) is 4.40. The number of methoxy groups -OCH3 is 1. The number of aryl methyl sites for hydroxylation is 1. The summed E-state index contributed by atoms with van der Waals surface area (Å²) in [7, 11) is 1.44. The van der Waals surface area contributed by atoms with Gasteiger partial charge in [-0.1, -0.05) is 24.3 Å². The lowest BCUT2D eigenvalue weighted by molar-refractivity contribution is -0.140. The van der Waals surface area contributed by atoms with Crippen LogP contribution in [0.5, 0.6) is 0 Å². The van der Waals surface area contributed by atoms with Crippen LogP contribution in [0, 0.1) is 6.92 Å². The maximum Gasteiger partial charge on any atom is 0.305 e. The van der Waals surface area contributed by atoms with Gasteiger partial charge in [-0.2, -0.15) is 0 Å². The van der Waals surface area contributed by atoms with E-state index in [2.05, 4.69) is 47.7 Å². The number of ether oxygens (including phenoxy) is 2. The molecule has 122 valence electrons. The third kappa shape index (κ3) is 4.55. The predicted octanol–water partition coefficient (Wildman–Crippen LogP) is 3.10. The molecule has 0 N–H and O–H groups in total. The first-order chi connectivity index (χ1) is 10.6. The van der Waals surface area contributed by atoms with E-state index in [-0.39, 0.29) is 12.1 Å². The highest BCUT2D eigenvalue weighted by Crippen LogP contribution is 2.27. The zero-order chi connectivity index (χ0) is 15.9. The molecule has 1 fully saturated rings. The quantitative estimate of drug-likeness (QED) is 0.598. The molecule has 2 atom stereocenters. The Kier molecular flexibility index (Phi) is 6.40. The number of carbonyl (C=O) groups is 1. The zero-order valence-electron chi connectivity index (χ0n) is 13.9. The van der Waals surface area contributed by atoms with E-state index in [1.165, 1.54) is 18.2 Å². The highest BCUT2D eigenvalue weighted by molar-refractivity contribution is 5.68. The predicted molar refractivity (Wildman–Crippen MR) is 86.8 cm³/mol. The smallest absolute Gasteiger partial charge is 0.305 e. The number of benzene rings is 1. The molecule has 0 aliphatic carbocycles. The number of esters is 1. The summed E-state index contributed by atoms with van der Waals surface area (Å²) >= 11 is 0. The highest BCUT2D eigenvalue weighted by atomic mass is 16.5. The van der Waals surface area contributed by atoms with Crippen molar-refractivity contribution in [2.75, 3.05) is 26.8 Å². The van der Waals surface area contributed by atoms with Gasteiger partial charge in [0.2, 0.25) is 0 Å². The zero-order valence-corrected chi connectivity index (χ0v) is 13.9. The van der Waals surface area contributed by atoms with Crippen molar-refractivity contribution < 1.29 is 14.3 Å². The van der Waals surface area contributed by atoms with E-state index in [0.717, 1.165) is 32.5 Å². The van der Waals surface area contributed by atoms with Gasteiger partial charge in [-0.25, -0.2) is 0 Å². The van der Waals surface area contributed by atoms with Crippen LogP contribution < -0.4 is 0 Å². The van der Waals surface area contributed by atoms with Crippen molar-refractivity contribution in [2.45, 2.75) is 45.3 Å². The third-order valence-corrected chi connectivity index (χ3v) is 4.40. The highest BCUT2D eigenvalue weighted by Gasteiger charge is 2.27. The fraction of sp³-hybridized carbons (Fsp3) is 0.611. The van der Waals surface area contributed by atoms with Gasteiger partial charge in [0.15, 0.2) is 0 Å². The molecule has 0 bridgehead atoms. The second kappa shape index (κ2) is 8.30. The molecule has 1 aromatic rings. The molecule has 1 aromatic carbocycles. The molecule has 0 saturated carbocycles. The first kappa shape index (κ1) is 17.0. The van der Waals surface area contributed by atoms with Crippen molar-refractivity contribution in [2.24, 2.45) is 0 Å². The van der Waals surface area contributed by atoms with Crippen molar-refractivity contribution in [1.29, 1.82) is 0 Å². The maximum absolute atomic E-state index is 11.1. The van der Waals surface area contributed by atoms with Crippen LogP contribution in [-0.2, 0) is 14.3 Å². The Morgan fingerprint density at radius 2 is 2.14 bits per heavy atom. The Morgan fingerprint density at radius 1 is 1.36 bits per heavy atom. The lowest BCUT2D eigenvalue weighted by atomic mass is 10.0. The van der Waals surface area contributed by atoms with Crippen LogP contribution in [0.4, 0.5) is 0 Å². The molecule has 1 heterocycles. The molecule has 1 saturated heterocycles. The van der Waals surface area contributed by atoms with Crippen LogP contribution in [-0.4, -0.2) is 43.7 Å². The van der Waals surface area contributed by atoms with Crippen LogP contribution in [0.15, 0.2) is 24.3 Å². The maximum atomic E-state index is 11.1. The summed E-state index contributed by atoms with van der Waals surface area (Å²) in [6.07, 6.45) is 2.56. The molecule has 0 amide bonds. The molecule has 22 heavy (non-hydrogen) atoms. The summed E-state index contributed by atoms with van der Waals surface area (Å²) in [6, 6.07) is 8.86. The van der Waals surface area contributed by atoms with E-state index in [1.54, 1.807) is 0 Å². The van der Waals surface area contributed by atoms with Crippen LogP contribution in [0.3, 0.4) is 0 Å². The number of nitrogens with zero attached hydrogens (tertiary/aromatic N) is 1. The standard InChI is InChI=1S/C18H27NO3/c1-14-8-4-5-9-16(14)17-12-19(15(2)13-22-17)11-7-6-10-18(20)21-3/h4-5,8-9,15,17H,6-7,10-13H2,1-3H3/t15-,17-/m0/s1. The minimum atomic E-state index is -0.118. The van der Waals surface area contributed by atoms with Gasteiger partial charge < -0.3 is 9.47 Å². The molecule has 1 aliphatic heterocycles. The van der Waals surface area contributed by atoms with Crippen LogP contribution in [0.2, 0.25) is 0 Å². The van der Waals surface area contributed by atoms with Gasteiger partial charge in [-0.15, -0.1) is 0 Å². The summed E-state index contributed by atoms with van der Waals surface area (Å²) in [5.74, 6) is -0.118. The number of rotatable bonds is 6. The molecule has 1 aliphatic rings. The number of hydrogen-bond acceptors (Lipinski definition) is 4. The Balaban J connectivity index is 1.86. The number of hydrogen-bond donors (Lipinski definition) is 0. The topological polar surface area (TPSA) is 38.8 Å². The first-order valence-electron chi connectivity index (χ1n) is 8.09. The normalized spacial score (nSPS) is 22.5. The largest absolute Gasteiger partial charge is 0.469 e. The van der Waals surface area contributed by atoms with Gasteiger partial charge in [0.25, 0.3) is 0 Å². The number of morpholine rings is 1. The average Bonchev–Trinajstić information content (AvgIpc) is 2.53. The van der Waals surface area contributed by atoms with E-state index < -0.39 is 0 Å². The minimum absolute atomic E-state index is 0.118. The molecule has 0 spiro atoms. The first-order valence-corrected chi connectivity index (χ1v) is 8.09. The minimum Gasteiger partial charge on any atom is -0.469 e. The Bertz CT molecular complexity index is 489. The van der Waals surface area contributed by atoms with Crippen molar-refractivity contribution in [3.63, 3.8) is 0 Å². The van der Waals surface area contributed by atoms with E-state index in [1.807, 2.05) is 0 Å². The Hall–Kier alpha value is -1.39. The van der Waals surface area contributed by atoms with E-state index >= 15 is 0 Å². The molecular formula is C18H27NO3. The second-order valence-electron chi connectivity index (χ2n) is 6.06. The summed E-state index contributed by atoms with van der Waals surface area (Å²) in [5, 5.41) is 0. The van der Waals surface area contributed by atoms with Gasteiger partial charge in [-0.05, 0) is 44.4 Å². The average molecular weight is 305 g/mol. The summed E-state index contributed by atoms with van der Waals surface area (Å²) in [4.78, 5) is 13.6. The molecule has 0 aromatic heterocycles. The molecule has 0 unspecified atom stereocenters. The molecule has 2 rings (SSSR count). The summed E-state index contributed by atoms with van der Waals surface area (Å²) in [6.45, 7) is 7.02. The van der Waals surface area contributed by atoms with Crippen molar-refractivity contribution in [3.05, 3.63) is 35.4 Å². The summed E-state index contributed by atoms with van der Waals surface area (Å²) < 4.78 is 10.7. The van der Waals surface area contributed by atoms with E-state index in [9.17, 15) is 4.79 Å². The van der Waals surface area contributed by atoms with Crippen LogP contribution >= 0.6 is 0 Å². The van der Waals surface area contributed by atoms with Gasteiger partial charge in [0.05, 0.1) is 19.8 Å². The lowest BCUT2D eigenvalue weighted by Crippen LogP contribution is -2.45. The van der Waals surface area contributed by atoms with E-state index in [0.29, 0.717) is 12.5 Å². The summed E-state index contributed by atoms with van der Waals surface area (Å²) in [5.41, 5.74) is 2.57. The monoisotopic (exact) mass is 305 g/mol. The fourth-order valence-corrected chi connectivity index (χ4v) is 2.94. The molecular weight excluding hydrogens is 278 g/mol. The molecule has 0 radical (unpaired) electrons. The second-order valence-corrected chi connectivity index (χ2v) is 6.06. The van der Waals surface area contributed by atoms with Crippen molar-refractivity contribution >= 4 is 5.97 Å².